The van der Waals surface area contributed by atoms with Gasteiger partial charge in [-0.15, -0.1) is 0 Å². The third kappa shape index (κ3) is 11.7. The minimum Gasteiger partial charge on any atom is -0.461 e. The second-order valence-electron chi connectivity index (χ2n) is 10.7. The minimum atomic E-state index is -1.80. The van der Waals surface area contributed by atoms with E-state index in [1.165, 1.54) is 0 Å². The topological polar surface area (TPSA) is 102 Å². The molecule has 0 spiro atoms. The van der Waals surface area contributed by atoms with Gasteiger partial charge in [-0.05, 0) is 45.6 Å². The fraction of sp³-hybridized carbons (Fsp3) is 0.643. The van der Waals surface area contributed by atoms with Crippen LogP contribution in [0.2, 0.25) is 0 Å². The third-order valence-corrected chi connectivity index (χ3v) is 6.37. The van der Waals surface area contributed by atoms with E-state index in [1.54, 1.807) is 32.9 Å². The van der Waals surface area contributed by atoms with Crippen molar-refractivity contribution in [3.05, 3.63) is 35.9 Å². The van der Waals surface area contributed by atoms with Crippen LogP contribution >= 0.6 is 34.8 Å². The smallest absolute Gasteiger partial charge is 0.429 e. The summed E-state index contributed by atoms with van der Waals surface area (Å²) in [5, 5.41) is 2.21. The Morgan fingerprint density at radius 1 is 1.02 bits per heavy atom. The molecule has 2 atom stereocenters. The Balaban J connectivity index is 2.30. The molecule has 224 valence electrons. The molecular weight excluding hydrogens is 583 g/mol. The maximum absolute atomic E-state index is 13.8. The molecule has 12 heteroatoms. The summed E-state index contributed by atoms with van der Waals surface area (Å²) in [6, 6.07) is 8.02. The Hall–Kier alpha value is -2.23. The molecule has 40 heavy (non-hydrogen) atoms. The average molecular weight is 622 g/mol. The summed E-state index contributed by atoms with van der Waals surface area (Å²) < 4.78 is 14.4. The molecule has 1 aliphatic rings. The number of halogens is 3. The first-order valence-corrected chi connectivity index (χ1v) is 14.6. The lowest BCUT2D eigenvalue weighted by Crippen LogP contribution is -2.61. The molecule has 2 amide bonds. The number of ether oxygens (including phenoxy) is 3. The molecule has 0 unspecified atom stereocenters. The number of hydrazine groups is 1. The summed E-state index contributed by atoms with van der Waals surface area (Å²) in [6.07, 6.45) is 2.37. The van der Waals surface area contributed by atoms with Crippen molar-refractivity contribution in [2.75, 3.05) is 13.2 Å². The number of esters is 2. The van der Waals surface area contributed by atoms with Gasteiger partial charge in [-0.3, -0.25) is 9.59 Å². The molecule has 1 fully saturated rings. The van der Waals surface area contributed by atoms with Crippen molar-refractivity contribution in [1.29, 1.82) is 0 Å². The maximum Gasteiger partial charge on any atom is 0.429 e. The highest BCUT2D eigenvalue weighted by Crippen LogP contribution is 2.29. The minimum absolute atomic E-state index is 0.0156. The van der Waals surface area contributed by atoms with Crippen molar-refractivity contribution in [1.82, 2.24) is 10.0 Å². The maximum atomic E-state index is 13.8. The molecule has 0 N–H and O–H groups in total. The fourth-order valence-electron chi connectivity index (χ4n) is 4.22. The molecule has 0 aromatic heterocycles. The quantitative estimate of drug-likeness (QED) is 0.122. The average Bonchev–Trinajstić information content (AvgIpc) is 2.88. The van der Waals surface area contributed by atoms with Crippen molar-refractivity contribution in [3.63, 3.8) is 0 Å². The van der Waals surface area contributed by atoms with Gasteiger partial charge in [0.05, 0.1) is 5.92 Å². The van der Waals surface area contributed by atoms with E-state index in [9.17, 15) is 19.2 Å². The van der Waals surface area contributed by atoms with Crippen molar-refractivity contribution in [3.8, 4) is 0 Å². The summed E-state index contributed by atoms with van der Waals surface area (Å²) in [6.45, 7) is 6.83. The van der Waals surface area contributed by atoms with Crippen LogP contribution in [0.15, 0.2) is 30.3 Å². The first-order chi connectivity index (χ1) is 18.7. The van der Waals surface area contributed by atoms with Crippen LogP contribution in [0, 0.1) is 5.92 Å². The van der Waals surface area contributed by atoms with Gasteiger partial charge in [0.15, 0.2) is 6.04 Å². The van der Waals surface area contributed by atoms with E-state index >= 15 is 0 Å². The molecule has 0 bridgehead atoms. The van der Waals surface area contributed by atoms with Gasteiger partial charge in [-0.2, -0.15) is 0 Å². The van der Waals surface area contributed by atoms with Crippen LogP contribution in [0.25, 0.3) is 0 Å². The SMILES string of the molecule is CCCCC[C@H](CC(=O)N1[C@H](C(=O)OC(C)(C)C)CCCN1C(=O)OCc1ccccc1)C(=O)OCC(Cl)(Cl)Cl. The molecule has 1 saturated heterocycles. The molecule has 0 aliphatic carbocycles. The monoisotopic (exact) mass is 620 g/mol. The van der Waals surface area contributed by atoms with Crippen molar-refractivity contribution >= 4 is 58.7 Å². The van der Waals surface area contributed by atoms with Crippen LogP contribution in [-0.4, -0.2) is 62.5 Å². The Kier molecular flexibility index (Phi) is 13.3. The van der Waals surface area contributed by atoms with Gasteiger partial charge in [0.1, 0.15) is 18.8 Å². The Labute approximate surface area is 251 Å². The number of alkyl halides is 3. The van der Waals surface area contributed by atoms with E-state index in [0.29, 0.717) is 19.3 Å². The highest BCUT2D eigenvalue weighted by atomic mass is 35.6. The molecular formula is C28H39Cl3N2O7. The summed E-state index contributed by atoms with van der Waals surface area (Å²) in [7, 11) is 0. The van der Waals surface area contributed by atoms with Crippen molar-refractivity contribution in [2.45, 2.75) is 94.7 Å². The Morgan fingerprint density at radius 2 is 1.70 bits per heavy atom. The summed E-state index contributed by atoms with van der Waals surface area (Å²) >= 11 is 17.2. The number of carbonyl (C=O) groups excluding carboxylic acids is 4. The largest absolute Gasteiger partial charge is 0.461 e. The predicted molar refractivity (Wildman–Crippen MR) is 153 cm³/mol. The molecule has 1 heterocycles. The number of carbonyl (C=O) groups is 4. The van der Waals surface area contributed by atoms with E-state index in [-0.39, 0.29) is 26.0 Å². The van der Waals surface area contributed by atoms with E-state index in [0.717, 1.165) is 28.4 Å². The zero-order valence-corrected chi connectivity index (χ0v) is 25.8. The van der Waals surface area contributed by atoms with Crippen molar-refractivity contribution < 1.29 is 33.4 Å². The number of hydrogen-bond donors (Lipinski definition) is 0. The lowest BCUT2D eigenvalue weighted by molar-refractivity contribution is -0.182. The number of nitrogens with zero attached hydrogens (tertiary/aromatic N) is 2. The number of hydrogen-bond acceptors (Lipinski definition) is 7. The number of rotatable bonds is 11. The van der Waals surface area contributed by atoms with Crippen molar-refractivity contribution in [2.24, 2.45) is 5.92 Å². The molecule has 1 aromatic rings. The third-order valence-electron chi connectivity index (χ3n) is 6.04. The van der Waals surface area contributed by atoms with Crippen LogP contribution in [-0.2, 0) is 35.2 Å². The van der Waals surface area contributed by atoms with E-state index in [1.807, 2.05) is 25.1 Å². The van der Waals surface area contributed by atoms with Crippen LogP contribution in [0.5, 0.6) is 0 Å². The predicted octanol–water partition coefficient (Wildman–Crippen LogP) is 6.37. The first kappa shape index (κ1) is 34.0. The Bertz CT molecular complexity index is 996. The second kappa shape index (κ2) is 15.7. The highest BCUT2D eigenvalue weighted by Gasteiger charge is 2.43. The summed E-state index contributed by atoms with van der Waals surface area (Å²) in [5.74, 6) is -2.82. The van der Waals surface area contributed by atoms with E-state index in [2.05, 4.69) is 0 Å². The standard InChI is InChI=1S/C28H39Cl3N2O7/c1-5-6-8-14-21(24(35)39-19-28(29,30)31)17-23(34)33-22(25(36)40-27(2,3)4)15-11-16-32(33)26(37)38-18-20-12-9-7-10-13-20/h7,9-10,12-13,21-22H,5-6,8,11,14-19H2,1-4H3/t21-,22+/m1/s1. The van der Waals surface area contributed by atoms with Gasteiger partial charge in [0.25, 0.3) is 0 Å². The summed E-state index contributed by atoms with van der Waals surface area (Å²) in [5.41, 5.74) is -0.0481. The van der Waals surface area contributed by atoms with Gasteiger partial charge >= 0.3 is 18.0 Å². The molecule has 0 radical (unpaired) electrons. The van der Waals surface area contributed by atoms with Gasteiger partial charge in [-0.25, -0.2) is 19.6 Å². The summed E-state index contributed by atoms with van der Waals surface area (Å²) in [4.78, 5) is 53.1. The first-order valence-electron chi connectivity index (χ1n) is 13.5. The lowest BCUT2D eigenvalue weighted by Gasteiger charge is -2.43. The van der Waals surface area contributed by atoms with E-state index < -0.39 is 51.9 Å². The van der Waals surface area contributed by atoms with Crippen LogP contribution in [0.4, 0.5) is 4.79 Å². The highest BCUT2D eigenvalue weighted by molar-refractivity contribution is 6.67. The van der Waals surface area contributed by atoms with Gasteiger partial charge in [-0.1, -0.05) is 91.3 Å². The normalized spacial score (nSPS) is 16.7. The molecule has 1 aliphatic heterocycles. The Morgan fingerprint density at radius 3 is 2.30 bits per heavy atom. The number of unbranched alkanes of at least 4 members (excludes halogenated alkanes) is 2. The zero-order valence-electron chi connectivity index (χ0n) is 23.5. The zero-order chi connectivity index (χ0) is 29.9. The molecule has 2 rings (SSSR count). The molecule has 0 saturated carbocycles. The molecule has 1 aromatic carbocycles. The molecule has 9 nitrogen and oxygen atoms in total. The fourth-order valence-corrected chi connectivity index (χ4v) is 4.38. The van der Waals surface area contributed by atoms with Crippen LogP contribution in [0.1, 0.15) is 78.2 Å². The number of amides is 2. The second-order valence-corrected chi connectivity index (χ2v) is 13.2. The van der Waals surface area contributed by atoms with Crippen LogP contribution in [0.3, 0.4) is 0 Å². The van der Waals surface area contributed by atoms with Gasteiger partial charge in [0, 0.05) is 13.0 Å². The number of benzene rings is 1. The van der Waals surface area contributed by atoms with E-state index in [4.69, 9.17) is 49.0 Å². The van der Waals surface area contributed by atoms with Crippen LogP contribution < -0.4 is 0 Å². The van der Waals surface area contributed by atoms with Gasteiger partial charge < -0.3 is 14.2 Å². The van der Waals surface area contributed by atoms with Gasteiger partial charge in [0.2, 0.25) is 9.70 Å². The lowest BCUT2D eigenvalue weighted by atomic mass is 9.96.